The van der Waals surface area contributed by atoms with E-state index in [1.807, 2.05) is 6.20 Å². The second kappa shape index (κ2) is 5.83. The van der Waals surface area contributed by atoms with Crippen LogP contribution in [0.1, 0.15) is 23.4 Å². The first-order valence-electron chi connectivity index (χ1n) is 8.01. The van der Waals surface area contributed by atoms with E-state index in [1.54, 1.807) is 6.33 Å². The van der Waals surface area contributed by atoms with Gasteiger partial charge in [-0.2, -0.15) is 0 Å². The highest BCUT2D eigenvalue weighted by Crippen LogP contribution is 2.35. The minimum atomic E-state index is 0.559. The van der Waals surface area contributed by atoms with Crippen LogP contribution in [0, 0.1) is 13.8 Å². The Bertz CT molecular complexity index is 717. The molecule has 0 N–H and O–H groups in total. The molecule has 2 bridgehead atoms. The summed E-state index contributed by atoms with van der Waals surface area (Å²) in [5.41, 5.74) is 3.43. The number of nitrogens with zero attached hydrogens (tertiary/aromatic N) is 5. The minimum Gasteiger partial charge on any atom is -0.350 e. The van der Waals surface area contributed by atoms with Crippen molar-refractivity contribution >= 4 is 21.7 Å². The number of anilines is 1. The number of aryl methyl sites for hydroxylation is 1. The van der Waals surface area contributed by atoms with Crippen LogP contribution in [-0.4, -0.2) is 45.0 Å². The molecular formula is C17H20BrN5. The van der Waals surface area contributed by atoms with Crippen LogP contribution in [-0.2, 0) is 6.54 Å². The molecule has 0 amide bonds. The van der Waals surface area contributed by atoms with Gasteiger partial charge in [0.1, 0.15) is 12.1 Å². The van der Waals surface area contributed by atoms with Crippen molar-refractivity contribution in [1.82, 2.24) is 19.9 Å². The van der Waals surface area contributed by atoms with E-state index in [4.69, 9.17) is 0 Å². The number of likely N-dealkylation sites (tertiary alicyclic amines) is 1. The molecule has 2 aromatic rings. The summed E-state index contributed by atoms with van der Waals surface area (Å²) in [5.74, 6) is 1.12. The molecule has 120 valence electrons. The molecule has 2 aromatic heterocycles. The van der Waals surface area contributed by atoms with E-state index in [2.05, 4.69) is 66.7 Å². The standard InChI is InChI=1S/C17H20BrN5/c1-11-12(2)20-10-21-17(11)23-9-15-5-16(23)8-22(15)7-14-4-3-13(18)6-19-14/h3-4,6,10,15-16H,5,7-9H2,1-2H3. The largest absolute Gasteiger partial charge is 0.350 e. The molecule has 0 spiro atoms. The maximum absolute atomic E-state index is 4.54. The topological polar surface area (TPSA) is 45.2 Å². The van der Waals surface area contributed by atoms with Gasteiger partial charge >= 0.3 is 0 Å². The van der Waals surface area contributed by atoms with Crippen molar-refractivity contribution in [3.8, 4) is 0 Å². The van der Waals surface area contributed by atoms with E-state index in [-0.39, 0.29) is 0 Å². The van der Waals surface area contributed by atoms with Gasteiger partial charge in [-0.25, -0.2) is 9.97 Å². The first kappa shape index (κ1) is 15.0. The van der Waals surface area contributed by atoms with Crippen molar-refractivity contribution in [3.63, 3.8) is 0 Å². The lowest BCUT2D eigenvalue weighted by molar-refractivity contribution is 0.227. The zero-order valence-electron chi connectivity index (χ0n) is 13.4. The first-order valence-corrected chi connectivity index (χ1v) is 8.80. The molecule has 2 saturated heterocycles. The highest BCUT2D eigenvalue weighted by Gasteiger charge is 2.44. The predicted octanol–water partition coefficient (Wildman–Crippen LogP) is 2.71. The summed E-state index contributed by atoms with van der Waals surface area (Å²) in [6.45, 7) is 7.26. The van der Waals surface area contributed by atoms with Crippen LogP contribution in [0.2, 0.25) is 0 Å². The number of halogens is 1. The number of fused-ring (bicyclic) bond motifs is 2. The van der Waals surface area contributed by atoms with Gasteiger partial charge in [0.15, 0.2) is 0 Å². The molecule has 2 aliphatic heterocycles. The van der Waals surface area contributed by atoms with Crippen molar-refractivity contribution in [2.45, 2.75) is 38.9 Å². The summed E-state index contributed by atoms with van der Waals surface area (Å²) in [4.78, 5) is 18.4. The van der Waals surface area contributed by atoms with Gasteiger partial charge in [0.25, 0.3) is 0 Å². The molecule has 23 heavy (non-hydrogen) atoms. The quantitative estimate of drug-likeness (QED) is 0.827. The van der Waals surface area contributed by atoms with Crippen molar-refractivity contribution < 1.29 is 0 Å². The number of rotatable bonds is 3. The van der Waals surface area contributed by atoms with Gasteiger partial charge in [0.2, 0.25) is 0 Å². The number of pyridine rings is 1. The Morgan fingerprint density at radius 3 is 2.70 bits per heavy atom. The Hall–Kier alpha value is -1.53. The average molecular weight is 374 g/mol. The van der Waals surface area contributed by atoms with E-state index in [1.165, 1.54) is 12.0 Å². The Morgan fingerprint density at radius 1 is 1.13 bits per heavy atom. The van der Waals surface area contributed by atoms with Crippen molar-refractivity contribution in [1.29, 1.82) is 0 Å². The molecule has 0 radical (unpaired) electrons. The summed E-state index contributed by atoms with van der Waals surface area (Å²) >= 11 is 3.44. The molecule has 2 fully saturated rings. The van der Waals surface area contributed by atoms with Crippen LogP contribution >= 0.6 is 15.9 Å². The summed E-state index contributed by atoms with van der Waals surface area (Å²) in [7, 11) is 0. The van der Waals surface area contributed by atoms with Crippen LogP contribution in [0.3, 0.4) is 0 Å². The van der Waals surface area contributed by atoms with Gasteiger partial charge < -0.3 is 4.90 Å². The van der Waals surface area contributed by atoms with E-state index in [9.17, 15) is 0 Å². The molecule has 6 heteroatoms. The average Bonchev–Trinajstić information content (AvgIpc) is 3.12. The summed E-state index contributed by atoms with van der Waals surface area (Å²) in [5, 5.41) is 0. The van der Waals surface area contributed by atoms with E-state index < -0.39 is 0 Å². The zero-order valence-corrected chi connectivity index (χ0v) is 15.0. The maximum Gasteiger partial charge on any atom is 0.135 e. The van der Waals surface area contributed by atoms with Crippen LogP contribution in [0.4, 0.5) is 5.82 Å². The fraction of sp³-hybridized carbons (Fsp3) is 0.471. The number of piperazine rings is 1. The van der Waals surface area contributed by atoms with Gasteiger partial charge in [-0.15, -0.1) is 0 Å². The normalized spacial score (nSPS) is 23.7. The van der Waals surface area contributed by atoms with Crippen LogP contribution in [0.25, 0.3) is 0 Å². The van der Waals surface area contributed by atoms with Crippen molar-refractivity contribution in [2.75, 3.05) is 18.0 Å². The summed E-state index contributed by atoms with van der Waals surface area (Å²) in [6, 6.07) is 5.32. The fourth-order valence-electron chi connectivity index (χ4n) is 3.73. The zero-order chi connectivity index (χ0) is 16.0. The SMILES string of the molecule is Cc1ncnc(N2CC3CC2CN3Cc2ccc(Br)cn2)c1C. The van der Waals surface area contributed by atoms with E-state index in [0.29, 0.717) is 12.1 Å². The molecule has 4 rings (SSSR count). The third kappa shape index (κ3) is 2.74. The molecule has 2 unspecified atom stereocenters. The Balaban J connectivity index is 1.47. The third-order valence-corrected chi connectivity index (χ3v) is 5.56. The van der Waals surface area contributed by atoms with Gasteiger partial charge in [-0.05, 0) is 48.3 Å². The van der Waals surface area contributed by atoms with Gasteiger partial charge in [0, 0.05) is 53.6 Å². The van der Waals surface area contributed by atoms with Gasteiger partial charge in [0.05, 0.1) is 5.69 Å². The predicted molar refractivity (Wildman–Crippen MR) is 93.4 cm³/mol. The smallest absolute Gasteiger partial charge is 0.135 e. The van der Waals surface area contributed by atoms with Crippen LogP contribution in [0.5, 0.6) is 0 Å². The van der Waals surface area contributed by atoms with Crippen molar-refractivity contribution in [3.05, 3.63) is 46.1 Å². The first-order chi connectivity index (χ1) is 11.1. The van der Waals surface area contributed by atoms with Crippen LogP contribution in [0.15, 0.2) is 29.1 Å². The monoisotopic (exact) mass is 373 g/mol. The van der Waals surface area contributed by atoms with Crippen molar-refractivity contribution in [2.24, 2.45) is 0 Å². The molecule has 5 nitrogen and oxygen atoms in total. The second-order valence-electron chi connectivity index (χ2n) is 6.50. The Kier molecular flexibility index (Phi) is 3.81. The Morgan fingerprint density at radius 2 is 2.00 bits per heavy atom. The van der Waals surface area contributed by atoms with E-state index >= 15 is 0 Å². The van der Waals surface area contributed by atoms with Gasteiger partial charge in [-0.1, -0.05) is 0 Å². The van der Waals surface area contributed by atoms with E-state index in [0.717, 1.165) is 41.3 Å². The van der Waals surface area contributed by atoms with Gasteiger partial charge in [-0.3, -0.25) is 9.88 Å². The molecule has 4 heterocycles. The number of hydrogen-bond donors (Lipinski definition) is 0. The lowest BCUT2D eigenvalue weighted by Crippen LogP contribution is -2.46. The molecular weight excluding hydrogens is 354 g/mol. The molecule has 0 saturated carbocycles. The number of aromatic nitrogens is 3. The molecule has 0 aromatic carbocycles. The second-order valence-corrected chi connectivity index (χ2v) is 7.42. The lowest BCUT2D eigenvalue weighted by Gasteiger charge is -2.35. The summed E-state index contributed by atoms with van der Waals surface area (Å²) in [6.07, 6.45) is 4.79. The molecule has 2 atom stereocenters. The fourth-order valence-corrected chi connectivity index (χ4v) is 3.96. The summed E-state index contributed by atoms with van der Waals surface area (Å²) < 4.78 is 1.03. The highest BCUT2D eigenvalue weighted by molar-refractivity contribution is 9.10. The number of hydrogen-bond acceptors (Lipinski definition) is 5. The van der Waals surface area contributed by atoms with Crippen LogP contribution < -0.4 is 4.90 Å². The lowest BCUT2D eigenvalue weighted by atomic mass is 10.2. The molecule has 2 aliphatic rings. The molecule has 0 aliphatic carbocycles. The highest BCUT2D eigenvalue weighted by atomic mass is 79.9. The third-order valence-electron chi connectivity index (χ3n) is 5.09. The minimum absolute atomic E-state index is 0.559. The Labute approximate surface area is 144 Å². The maximum atomic E-state index is 4.54.